The van der Waals surface area contributed by atoms with Crippen molar-refractivity contribution in [2.45, 2.75) is 53.4 Å². The van der Waals surface area contributed by atoms with E-state index in [2.05, 4.69) is 33.0 Å². The Bertz CT molecular complexity index is 101. The van der Waals surface area contributed by atoms with Gasteiger partial charge >= 0.3 is 0 Å². The van der Waals surface area contributed by atoms with Crippen molar-refractivity contribution in [1.82, 2.24) is 5.32 Å². The summed E-state index contributed by atoms with van der Waals surface area (Å²) in [5.41, 5.74) is 0. The molecule has 0 saturated carbocycles. The Morgan fingerprint density at radius 1 is 1.00 bits per heavy atom. The summed E-state index contributed by atoms with van der Waals surface area (Å²) in [5.74, 6) is 1.79. The topological polar surface area (TPSA) is 12.0 Å². The van der Waals surface area contributed by atoms with Crippen molar-refractivity contribution < 1.29 is 0 Å². The lowest BCUT2D eigenvalue weighted by atomic mass is 9.93. The molecule has 0 heterocycles. The van der Waals surface area contributed by atoms with E-state index in [4.69, 9.17) is 0 Å². The maximum absolute atomic E-state index is 3.46. The molecule has 13 heavy (non-hydrogen) atoms. The summed E-state index contributed by atoms with van der Waals surface area (Å²) in [6.45, 7) is 11.6. The van der Waals surface area contributed by atoms with Gasteiger partial charge in [0.2, 0.25) is 0 Å². The van der Waals surface area contributed by atoms with Gasteiger partial charge in [0.05, 0.1) is 0 Å². The second-order valence-corrected chi connectivity index (χ2v) is 4.39. The minimum absolute atomic E-state index is 0.888. The monoisotopic (exact) mass is 185 g/mol. The average molecular weight is 185 g/mol. The van der Waals surface area contributed by atoms with Gasteiger partial charge in [0.15, 0.2) is 0 Å². The average Bonchev–Trinajstić information content (AvgIpc) is 2.12. The maximum atomic E-state index is 3.46. The first-order valence-corrected chi connectivity index (χ1v) is 5.91. The van der Waals surface area contributed by atoms with E-state index < -0.39 is 0 Å². The van der Waals surface area contributed by atoms with E-state index in [0.29, 0.717) is 0 Å². The van der Waals surface area contributed by atoms with Crippen molar-refractivity contribution >= 4 is 0 Å². The van der Waals surface area contributed by atoms with Crippen LogP contribution in [0.5, 0.6) is 0 Å². The normalized spacial score (nSPS) is 15.7. The molecule has 0 rings (SSSR count). The fourth-order valence-electron chi connectivity index (χ4n) is 1.62. The zero-order chi connectivity index (χ0) is 10.1. The lowest BCUT2D eigenvalue weighted by Gasteiger charge is -2.15. The smallest absolute Gasteiger partial charge is 0.00464 e. The van der Waals surface area contributed by atoms with Crippen LogP contribution in [0.2, 0.25) is 0 Å². The third-order valence-corrected chi connectivity index (χ3v) is 2.74. The maximum Gasteiger partial charge on any atom is -0.00464 e. The molecule has 1 nitrogen and oxygen atoms in total. The highest BCUT2D eigenvalue weighted by Gasteiger charge is 2.06. The van der Waals surface area contributed by atoms with Gasteiger partial charge in [0.25, 0.3) is 0 Å². The van der Waals surface area contributed by atoms with Crippen LogP contribution in [0.15, 0.2) is 0 Å². The van der Waals surface area contributed by atoms with Crippen LogP contribution in [0.25, 0.3) is 0 Å². The van der Waals surface area contributed by atoms with Crippen molar-refractivity contribution in [2.75, 3.05) is 13.1 Å². The Morgan fingerprint density at radius 3 is 2.23 bits per heavy atom. The Balaban J connectivity index is 3.24. The summed E-state index contributed by atoms with van der Waals surface area (Å²) < 4.78 is 0. The van der Waals surface area contributed by atoms with Crippen LogP contribution >= 0.6 is 0 Å². The molecular formula is C12H27N. The molecule has 0 aliphatic heterocycles. The molecule has 0 aromatic rings. The van der Waals surface area contributed by atoms with Crippen LogP contribution in [0, 0.1) is 11.8 Å². The summed E-state index contributed by atoms with van der Waals surface area (Å²) >= 11 is 0. The predicted octanol–water partition coefficient (Wildman–Crippen LogP) is 3.45. The minimum Gasteiger partial charge on any atom is -0.317 e. The molecule has 0 amide bonds. The van der Waals surface area contributed by atoms with Crippen LogP contribution in [0.4, 0.5) is 0 Å². The summed E-state index contributed by atoms with van der Waals surface area (Å²) in [7, 11) is 0. The van der Waals surface area contributed by atoms with Gasteiger partial charge in [-0.2, -0.15) is 0 Å². The second kappa shape index (κ2) is 8.55. The molecule has 2 atom stereocenters. The molecule has 1 heteroatoms. The molecule has 0 aliphatic carbocycles. The summed E-state index contributed by atoms with van der Waals surface area (Å²) in [4.78, 5) is 0. The van der Waals surface area contributed by atoms with E-state index in [1.165, 1.54) is 38.8 Å². The van der Waals surface area contributed by atoms with Gasteiger partial charge in [-0.05, 0) is 44.2 Å². The lowest BCUT2D eigenvalue weighted by molar-refractivity contribution is 0.380. The Morgan fingerprint density at radius 2 is 1.69 bits per heavy atom. The molecule has 0 fully saturated rings. The summed E-state index contributed by atoms with van der Waals surface area (Å²) in [5, 5.41) is 3.46. The molecule has 0 radical (unpaired) electrons. The van der Waals surface area contributed by atoms with Crippen LogP contribution in [-0.4, -0.2) is 13.1 Å². The third-order valence-electron chi connectivity index (χ3n) is 2.74. The SMILES string of the molecule is CCCNCCC(C)CC(C)CC. The molecule has 0 bridgehead atoms. The summed E-state index contributed by atoms with van der Waals surface area (Å²) in [6.07, 6.45) is 5.31. The Kier molecular flexibility index (Phi) is 8.53. The first kappa shape index (κ1) is 13.0. The zero-order valence-electron chi connectivity index (χ0n) is 9.90. The molecule has 2 unspecified atom stereocenters. The molecule has 0 aromatic carbocycles. The van der Waals surface area contributed by atoms with Crippen LogP contribution < -0.4 is 5.32 Å². The molecule has 0 aromatic heterocycles. The van der Waals surface area contributed by atoms with E-state index in [0.717, 1.165) is 11.8 Å². The van der Waals surface area contributed by atoms with Gasteiger partial charge in [0, 0.05) is 0 Å². The number of nitrogens with one attached hydrogen (secondary N) is 1. The van der Waals surface area contributed by atoms with Crippen molar-refractivity contribution in [3.63, 3.8) is 0 Å². The number of hydrogen-bond donors (Lipinski definition) is 1. The van der Waals surface area contributed by atoms with Crippen molar-refractivity contribution in [1.29, 1.82) is 0 Å². The van der Waals surface area contributed by atoms with Crippen LogP contribution in [-0.2, 0) is 0 Å². The van der Waals surface area contributed by atoms with Crippen molar-refractivity contribution in [3.8, 4) is 0 Å². The fraction of sp³-hybridized carbons (Fsp3) is 1.00. The lowest BCUT2D eigenvalue weighted by Crippen LogP contribution is -2.18. The first-order valence-electron chi connectivity index (χ1n) is 5.91. The van der Waals surface area contributed by atoms with Gasteiger partial charge in [-0.1, -0.05) is 34.1 Å². The van der Waals surface area contributed by atoms with Gasteiger partial charge in [-0.25, -0.2) is 0 Å². The Labute approximate surface area is 84.3 Å². The second-order valence-electron chi connectivity index (χ2n) is 4.39. The quantitative estimate of drug-likeness (QED) is 0.571. The fourth-order valence-corrected chi connectivity index (χ4v) is 1.62. The molecule has 0 aliphatic rings. The highest BCUT2D eigenvalue weighted by Crippen LogP contribution is 2.16. The largest absolute Gasteiger partial charge is 0.317 e. The Hall–Kier alpha value is -0.0400. The van der Waals surface area contributed by atoms with E-state index in [9.17, 15) is 0 Å². The predicted molar refractivity (Wildman–Crippen MR) is 61.0 cm³/mol. The van der Waals surface area contributed by atoms with Gasteiger partial charge in [-0.3, -0.25) is 0 Å². The van der Waals surface area contributed by atoms with Gasteiger partial charge in [0.1, 0.15) is 0 Å². The molecule has 0 saturated heterocycles. The van der Waals surface area contributed by atoms with Crippen LogP contribution in [0.1, 0.15) is 53.4 Å². The van der Waals surface area contributed by atoms with Crippen molar-refractivity contribution in [2.24, 2.45) is 11.8 Å². The van der Waals surface area contributed by atoms with Crippen molar-refractivity contribution in [3.05, 3.63) is 0 Å². The highest BCUT2D eigenvalue weighted by molar-refractivity contribution is 4.60. The van der Waals surface area contributed by atoms with E-state index >= 15 is 0 Å². The molecular weight excluding hydrogens is 158 g/mol. The van der Waals surface area contributed by atoms with Gasteiger partial charge in [-0.15, -0.1) is 0 Å². The minimum atomic E-state index is 0.888. The summed E-state index contributed by atoms with van der Waals surface area (Å²) in [6, 6.07) is 0. The van der Waals surface area contributed by atoms with Crippen LogP contribution in [0.3, 0.4) is 0 Å². The van der Waals surface area contributed by atoms with E-state index in [1.807, 2.05) is 0 Å². The number of hydrogen-bond acceptors (Lipinski definition) is 1. The first-order chi connectivity index (χ1) is 6.20. The molecule has 80 valence electrons. The van der Waals surface area contributed by atoms with E-state index in [-0.39, 0.29) is 0 Å². The van der Waals surface area contributed by atoms with E-state index in [1.54, 1.807) is 0 Å². The molecule has 1 N–H and O–H groups in total. The number of rotatable bonds is 8. The van der Waals surface area contributed by atoms with Gasteiger partial charge < -0.3 is 5.32 Å². The standard InChI is InChI=1S/C12H27N/c1-5-8-13-9-7-12(4)10-11(3)6-2/h11-13H,5-10H2,1-4H3. The zero-order valence-corrected chi connectivity index (χ0v) is 9.90. The highest BCUT2D eigenvalue weighted by atomic mass is 14.8. The third kappa shape index (κ3) is 8.29. The molecule has 0 spiro atoms.